The first-order valence-corrected chi connectivity index (χ1v) is 5.76. The van der Waals surface area contributed by atoms with Gasteiger partial charge in [-0.1, -0.05) is 13.8 Å². The van der Waals surface area contributed by atoms with E-state index < -0.39 is 0 Å². The van der Waals surface area contributed by atoms with Crippen LogP contribution in [0.2, 0.25) is 0 Å². The molecule has 0 saturated carbocycles. The Balaban J connectivity index is 0.000000791. The summed E-state index contributed by atoms with van der Waals surface area (Å²) < 4.78 is 0. The molecule has 0 aromatic carbocycles. The molecule has 0 bridgehead atoms. The highest BCUT2D eigenvalue weighted by Crippen LogP contribution is 2.21. The van der Waals surface area contributed by atoms with E-state index in [9.17, 15) is 4.79 Å². The molecular weight excluding hydrogens is 194 g/mol. The fourth-order valence-electron chi connectivity index (χ4n) is 1.33. The van der Waals surface area contributed by atoms with Gasteiger partial charge in [0.1, 0.15) is 0 Å². The summed E-state index contributed by atoms with van der Waals surface area (Å²) in [5, 5.41) is 4.01. The Labute approximate surface area is 90.6 Å². The van der Waals surface area contributed by atoms with E-state index in [2.05, 4.69) is 0 Å². The van der Waals surface area contributed by atoms with Crippen LogP contribution in [0.3, 0.4) is 0 Å². The Bertz CT molecular complexity index is 254. The van der Waals surface area contributed by atoms with Gasteiger partial charge < -0.3 is 0 Å². The summed E-state index contributed by atoms with van der Waals surface area (Å²) in [5.74, 6) is 0.193. The van der Waals surface area contributed by atoms with Crippen molar-refractivity contribution >= 4 is 17.1 Å². The Morgan fingerprint density at radius 3 is 2.29 bits per heavy atom. The number of nitrogens with zero attached hydrogens (tertiary/aromatic N) is 1. The number of ketones is 1. The van der Waals surface area contributed by atoms with Gasteiger partial charge in [0.2, 0.25) is 0 Å². The molecule has 14 heavy (non-hydrogen) atoms. The lowest BCUT2D eigenvalue weighted by Crippen LogP contribution is -2.25. The van der Waals surface area contributed by atoms with Crippen molar-refractivity contribution in [2.24, 2.45) is 0 Å². The van der Waals surface area contributed by atoms with Crippen molar-refractivity contribution in [3.8, 4) is 0 Å². The van der Waals surface area contributed by atoms with Crippen LogP contribution in [0.15, 0.2) is 16.8 Å². The SMILES string of the molecule is CC.CC(=O)C(c1ccsc1)N(C)C. The summed E-state index contributed by atoms with van der Waals surface area (Å²) in [6.45, 7) is 5.63. The Kier molecular flexibility index (Phi) is 6.41. The molecule has 1 aromatic heterocycles. The van der Waals surface area contributed by atoms with E-state index in [4.69, 9.17) is 0 Å². The van der Waals surface area contributed by atoms with E-state index >= 15 is 0 Å². The fraction of sp³-hybridized carbons (Fsp3) is 0.545. The summed E-state index contributed by atoms with van der Waals surface area (Å²) in [5.41, 5.74) is 1.09. The van der Waals surface area contributed by atoms with Gasteiger partial charge >= 0.3 is 0 Å². The third-order valence-electron chi connectivity index (χ3n) is 1.76. The lowest BCUT2D eigenvalue weighted by molar-refractivity contribution is -0.121. The predicted octanol–water partition coefficient (Wildman–Crippen LogP) is 2.97. The van der Waals surface area contributed by atoms with Gasteiger partial charge in [-0.05, 0) is 43.4 Å². The quantitative estimate of drug-likeness (QED) is 0.769. The van der Waals surface area contributed by atoms with Crippen LogP contribution in [0.4, 0.5) is 0 Å². The van der Waals surface area contributed by atoms with Crippen molar-refractivity contribution in [1.82, 2.24) is 4.90 Å². The minimum absolute atomic E-state index is 0.0729. The molecule has 0 amide bonds. The number of rotatable bonds is 3. The smallest absolute Gasteiger partial charge is 0.151 e. The number of carbonyl (C=O) groups excluding carboxylic acids is 1. The largest absolute Gasteiger partial charge is 0.298 e. The van der Waals surface area contributed by atoms with Gasteiger partial charge in [-0.3, -0.25) is 9.69 Å². The van der Waals surface area contributed by atoms with Gasteiger partial charge in [0, 0.05) is 0 Å². The highest BCUT2D eigenvalue weighted by Gasteiger charge is 2.18. The van der Waals surface area contributed by atoms with Gasteiger partial charge in [-0.15, -0.1) is 0 Å². The number of carbonyl (C=O) groups is 1. The van der Waals surface area contributed by atoms with Crippen molar-refractivity contribution < 1.29 is 4.79 Å². The predicted molar refractivity (Wildman–Crippen MR) is 62.8 cm³/mol. The van der Waals surface area contributed by atoms with E-state index in [-0.39, 0.29) is 11.8 Å². The van der Waals surface area contributed by atoms with Crippen molar-refractivity contribution in [1.29, 1.82) is 0 Å². The normalized spacial score (nSPS) is 11.9. The van der Waals surface area contributed by atoms with Crippen LogP contribution in [0.25, 0.3) is 0 Å². The van der Waals surface area contributed by atoms with Gasteiger partial charge in [0.05, 0.1) is 6.04 Å². The molecule has 0 saturated heterocycles. The summed E-state index contributed by atoms with van der Waals surface area (Å²) in [6.07, 6.45) is 0. The van der Waals surface area contributed by atoms with Crippen LogP contribution in [0.1, 0.15) is 32.4 Å². The molecule has 0 aliphatic heterocycles. The van der Waals surface area contributed by atoms with Crippen molar-refractivity contribution in [3.63, 3.8) is 0 Å². The second kappa shape index (κ2) is 6.74. The molecule has 2 nitrogen and oxygen atoms in total. The number of likely N-dealkylation sites (N-methyl/N-ethyl adjacent to an activating group) is 1. The second-order valence-electron chi connectivity index (χ2n) is 3.03. The van der Waals surface area contributed by atoms with E-state index in [1.165, 1.54) is 0 Å². The zero-order chi connectivity index (χ0) is 11.1. The van der Waals surface area contributed by atoms with Crippen LogP contribution < -0.4 is 0 Å². The maximum atomic E-state index is 11.2. The second-order valence-corrected chi connectivity index (χ2v) is 3.81. The van der Waals surface area contributed by atoms with Crippen molar-refractivity contribution in [2.45, 2.75) is 26.8 Å². The van der Waals surface area contributed by atoms with Crippen LogP contribution in [0, 0.1) is 0 Å². The van der Waals surface area contributed by atoms with Crippen molar-refractivity contribution in [3.05, 3.63) is 22.4 Å². The average Bonchev–Trinajstić information content (AvgIpc) is 2.59. The number of thiophene rings is 1. The van der Waals surface area contributed by atoms with Crippen LogP contribution in [0.5, 0.6) is 0 Å². The third-order valence-corrected chi connectivity index (χ3v) is 2.46. The molecule has 0 aliphatic carbocycles. The maximum absolute atomic E-state index is 11.2. The van der Waals surface area contributed by atoms with E-state index in [0.29, 0.717) is 0 Å². The van der Waals surface area contributed by atoms with Gasteiger partial charge in [-0.2, -0.15) is 11.3 Å². The zero-order valence-electron chi connectivity index (χ0n) is 9.57. The lowest BCUT2D eigenvalue weighted by atomic mass is 10.1. The van der Waals surface area contributed by atoms with E-state index in [1.54, 1.807) is 18.3 Å². The number of hydrogen-bond donors (Lipinski definition) is 0. The first-order chi connectivity index (χ1) is 6.63. The van der Waals surface area contributed by atoms with Crippen LogP contribution in [-0.2, 0) is 4.79 Å². The van der Waals surface area contributed by atoms with Crippen LogP contribution >= 0.6 is 11.3 Å². The molecule has 1 unspecified atom stereocenters. The topological polar surface area (TPSA) is 20.3 Å². The fourth-order valence-corrected chi connectivity index (χ4v) is 2.01. The summed E-state index contributed by atoms with van der Waals surface area (Å²) >= 11 is 1.62. The molecule has 0 N–H and O–H groups in total. The highest BCUT2D eigenvalue weighted by atomic mass is 32.1. The zero-order valence-corrected chi connectivity index (χ0v) is 10.4. The van der Waals surface area contributed by atoms with Gasteiger partial charge in [-0.25, -0.2) is 0 Å². The maximum Gasteiger partial charge on any atom is 0.151 e. The molecule has 0 aliphatic rings. The Morgan fingerprint density at radius 2 is 2.00 bits per heavy atom. The monoisotopic (exact) mass is 213 g/mol. The lowest BCUT2D eigenvalue weighted by Gasteiger charge is -2.20. The summed E-state index contributed by atoms with van der Waals surface area (Å²) in [7, 11) is 3.84. The Hall–Kier alpha value is -0.670. The standard InChI is InChI=1S/C9H13NOS.C2H6/c1-7(11)9(10(2)3)8-4-5-12-6-8;1-2/h4-6,9H,1-3H3;1-2H3. The molecule has 1 aromatic rings. The molecule has 0 radical (unpaired) electrons. The first-order valence-electron chi connectivity index (χ1n) is 4.82. The summed E-state index contributed by atoms with van der Waals surface area (Å²) in [6, 6.07) is 1.92. The Morgan fingerprint density at radius 1 is 1.43 bits per heavy atom. The average molecular weight is 213 g/mol. The first kappa shape index (κ1) is 13.3. The number of Topliss-reactive ketones (excluding diaryl/α,β-unsaturated/α-hetero) is 1. The van der Waals surface area contributed by atoms with Crippen molar-refractivity contribution in [2.75, 3.05) is 14.1 Å². The van der Waals surface area contributed by atoms with Crippen LogP contribution in [-0.4, -0.2) is 24.8 Å². The van der Waals surface area contributed by atoms with Gasteiger partial charge in [0.15, 0.2) is 5.78 Å². The molecule has 1 rings (SSSR count). The molecule has 80 valence electrons. The molecular formula is C11H19NOS. The third kappa shape index (κ3) is 3.60. The molecule has 1 atom stereocenters. The van der Waals surface area contributed by atoms with E-state index in [0.717, 1.165) is 5.56 Å². The summed E-state index contributed by atoms with van der Waals surface area (Å²) in [4.78, 5) is 13.2. The minimum atomic E-state index is -0.0729. The highest BCUT2D eigenvalue weighted by molar-refractivity contribution is 7.08. The molecule has 0 fully saturated rings. The van der Waals surface area contributed by atoms with E-state index in [1.807, 2.05) is 49.7 Å². The molecule has 1 heterocycles. The minimum Gasteiger partial charge on any atom is -0.298 e. The molecule has 3 heteroatoms. The van der Waals surface area contributed by atoms with Gasteiger partial charge in [0.25, 0.3) is 0 Å². The molecule has 0 spiro atoms. The number of hydrogen-bond acceptors (Lipinski definition) is 3.